The fraction of sp³-hybridized carbons (Fsp3) is 0.765. The molecular formula is C17H28N2O. The van der Waals surface area contributed by atoms with Crippen LogP contribution in [0.1, 0.15) is 81.7 Å². The average Bonchev–Trinajstić information content (AvgIpc) is 2.80. The summed E-state index contributed by atoms with van der Waals surface area (Å²) in [5, 5.41) is 4.80. The van der Waals surface area contributed by atoms with Gasteiger partial charge in [-0.05, 0) is 50.9 Å². The lowest BCUT2D eigenvalue weighted by Crippen LogP contribution is -2.25. The summed E-state index contributed by atoms with van der Waals surface area (Å²) in [5.41, 5.74) is 3.03. The van der Waals surface area contributed by atoms with Crippen molar-refractivity contribution in [1.82, 2.24) is 9.78 Å². The third-order valence-corrected chi connectivity index (χ3v) is 5.02. The molecule has 0 saturated heterocycles. The van der Waals surface area contributed by atoms with Gasteiger partial charge in [0.2, 0.25) is 0 Å². The molecule has 1 aliphatic rings. The molecule has 1 saturated carbocycles. The van der Waals surface area contributed by atoms with Crippen LogP contribution in [0, 0.1) is 11.8 Å². The van der Waals surface area contributed by atoms with E-state index in [1.165, 1.54) is 19.3 Å². The van der Waals surface area contributed by atoms with Crippen LogP contribution < -0.4 is 0 Å². The van der Waals surface area contributed by atoms with Gasteiger partial charge in [0.1, 0.15) is 0 Å². The summed E-state index contributed by atoms with van der Waals surface area (Å²) in [5.74, 6) is 1.72. The lowest BCUT2D eigenvalue weighted by molar-refractivity contribution is 0.101. The van der Waals surface area contributed by atoms with E-state index in [2.05, 4.69) is 32.4 Å². The second-order valence-corrected chi connectivity index (χ2v) is 6.40. The molecule has 1 aromatic rings. The van der Waals surface area contributed by atoms with Crippen LogP contribution in [0.25, 0.3) is 0 Å². The Morgan fingerprint density at radius 3 is 2.40 bits per heavy atom. The topological polar surface area (TPSA) is 34.9 Å². The molecule has 1 aliphatic carbocycles. The van der Waals surface area contributed by atoms with Gasteiger partial charge >= 0.3 is 0 Å². The average molecular weight is 276 g/mol. The zero-order chi connectivity index (χ0) is 14.9. The first-order valence-corrected chi connectivity index (χ1v) is 8.10. The van der Waals surface area contributed by atoms with E-state index >= 15 is 0 Å². The first-order chi connectivity index (χ1) is 9.49. The predicted octanol–water partition coefficient (Wildman–Crippen LogP) is 4.21. The fourth-order valence-electron chi connectivity index (χ4n) is 3.56. The monoisotopic (exact) mass is 276 g/mol. The van der Waals surface area contributed by atoms with Crippen LogP contribution in [0.3, 0.4) is 0 Å². The summed E-state index contributed by atoms with van der Waals surface area (Å²) < 4.78 is 2.19. The molecule has 0 N–H and O–H groups in total. The molecule has 0 aromatic carbocycles. The lowest BCUT2D eigenvalue weighted by atomic mass is 9.79. The Hall–Kier alpha value is -1.12. The highest BCUT2D eigenvalue weighted by Gasteiger charge is 2.29. The molecule has 3 atom stereocenters. The second-order valence-electron chi connectivity index (χ2n) is 6.40. The lowest BCUT2D eigenvalue weighted by Gasteiger charge is -2.33. The summed E-state index contributed by atoms with van der Waals surface area (Å²) in [6.07, 6.45) is 5.39. The minimum Gasteiger partial charge on any atom is -0.294 e. The minimum absolute atomic E-state index is 0.169. The number of Topliss-reactive ketones (excluding diaryl/α,β-unsaturated/α-hetero) is 1. The Balaban J connectivity index is 2.39. The Bertz CT molecular complexity index is 489. The van der Waals surface area contributed by atoms with Gasteiger partial charge in [0, 0.05) is 5.69 Å². The van der Waals surface area contributed by atoms with Crippen LogP contribution in [-0.2, 0) is 12.8 Å². The molecule has 3 unspecified atom stereocenters. The van der Waals surface area contributed by atoms with E-state index in [0.29, 0.717) is 6.04 Å². The molecule has 0 bridgehead atoms. The van der Waals surface area contributed by atoms with Gasteiger partial charge < -0.3 is 0 Å². The normalized spacial score (nSPS) is 26.8. The van der Waals surface area contributed by atoms with E-state index in [9.17, 15) is 4.79 Å². The molecule has 3 nitrogen and oxygen atoms in total. The number of nitrogens with zero attached hydrogens (tertiary/aromatic N) is 2. The second kappa shape index (κ2) is 6.11. The molecular weight excluding hydrogens is 248 g/mol. The maximum atomic E-state index is 12.0. The van der Waals surface area contributed by atoms with Crippen molar-refractivity contribution in [2.75, 3.05) is 0 Å². The Kier molecular flexibility index (Phi) is 4.66. The van der Waals surface area contributed by atoms with Crippen LogP contribution in [-0.4, -0.2) is 15.6 Å². The molecule has 2 rings (SSSR count). The number of aryl methyl sites for hydroxylation is 1. The highest BCUT2D eigenvalue weighted by atomic mass is 16.1. The van der Waals surface area contributed by atoms with Crippen molar-refractivity contribution < 1.29 is 4.79 Å². The highest BCUT2D eigenvalue weighted by Crippen LogP contribution is 2.37. The van der Waals surface area contributed by atoms with E-state index in [0.717, 1.165) is 41.6 Å². The number of rotatable bonds is 4. The highest BCUT2D eigenvalue weighted by molar-refractivity contribution is 5.96. The molecule has 0 aliphatic heterocycles. The Morgan fingerprint density at radius 1 is 1.20 bits per heavy atom. The van der Waals surface area contributed by atoms with Crippen molar-refractivity contribution in [3.63, 3.8) is 0 Å². The Labute approximate surface area is 122 Å². The Morgan fingerprint density at radius 2 is 1.90 bits per heavy atom. The molecule has 1 heterocycles. The van der Waals surface area contributed by atoms with Crippen LogP contribution in [0.2, 0.25) is 0 Å². The van der Waals surface area contributed by atoms with Crippen molar-refractivity contribution in [2.24, 2.45) is 11.8 Å². The van der Waals surface area contributed by atoms with Crippen molar-refractivity contribution in [1.29, 1.82) is 0 Å². The molecule has 0 spiro atoms. The summed E-state index contributed by atoms with van der Waals surface area (Å²) in [6, 6.07) is 0.481. The van der Waals surface area contributed by atoms with Gasteiger partial charge in [0.15, 0.2) is 5.78 Å². The quantitative estimate of drug-likeness (QED) is 0.772. The standard InChI is InChI=1S/C17H28N2O/c1-6-15-17(13(5)20)16(7-2)19(18-15)14-9-8-11(3)12(4)10-14/h11-12,14H,6-10H2,1-5H3. The number of carbonyl (C=O) groups is 1. The van der Waals surface area contributed by atoms with Crippen molar-refractivity contribution >= 4 is 5.78 Å². The van der Waals surface area contributed by atoms with Gasteiger partial charge in [0.25, 0.3) is 0 Å². The summed E-state index contributed by atoms with van der Waals surface area (Å²) in [6.45, 7) is 10.6. The molecule has 0 amide bonds. The van der Waals surface area contributed by atoms with Crippen molar-refractivity contribution in [3.05, 3.63) is 17.0 Å². The molecule has 0 radical (unpaired) electrons. The van der Waals surface area contributed by atoms with Crippen LogP contribution in [0.5, 0.6) is 0 Å². The first-order valence-electron chi connectivity index (χ1n) is 8.10. The zero-order valence-corrected chi connectivity index (χ0v) is 13.6. The van der Waals surface area contributed by atoms with E-state index in [1.54, 1.807) is 6.92 Å². The van der Waals surface area contributed by atoms with E-state index < -0.39 is 0 Å². The maximum absolute atomic E-state index is 12.0. The van der Waals surface area contributed by atoms with Crippen molar-refractivity contribution in [3.8, 4) is 0 Å². The van der Waals surface area contributed by atoms with Crippen molar-refractivity contribution in [2.45, 2.75) is 72.8 Å². The number of hydrogen-bond donors (Lipinski definition) is 0. The van der Waals surface area contributed by atoms with Gasteiger partial charge in [-0.25, -0.2) is 0 Å². The summed E-state index contributed by atoms with van der Waals surface area (Å²) in [4.78, 5) is 12.0. The van der Waals surface area contributed by atoms with Gasteiger partial charge in [-0.1, -0.05) is 27.7 Å². The van der Waals surface area contributed by atoms with E-state index in [-0.39, 0.29) is 5.78 Å². The fourth-order valence-corrected chi connectivity index (χ4v) is 3.56. The molecule has 1 aromatic heterocycles. The molecule has 112 valence electrons. The van der Waals surface area contributed by atoms with Gasteiger partial charge in [-0.15, -0.1) is 0 Å². The van der Waals surface area contributed by atoms with Gasteiger partial charge in [-0.3, -0.25) is 9.48 Å². The van der Waals surface area contributed by atoms with E-state index in [1.807, 2.05) is 0 Å². The van der Waals surface area contributed by atoms with E-state index in [4.69, 9.17) is 5.10 Å². The van der Waals surface area contributed by atoms with Crippen LogP contribution in [0.15, 0.2) is 0 Å². The van der Waals surface area contributed by atoms with Gasteiger partial charge in [0.05, 0.1) is 17.3 Å². The zero-order valence-electron chi connectivity index (χ0n) is 13.6. The summed E-state index contributed by atoms with van der Waals surface area (Å²) >= 11 is 0. The summed E-state index contributed by atoms with van der Waals surface area (Å²) in [7, 11) is 0. The number of ketones is 1. The van der Waals surface area contributed by atoms with Gasteiger partial charge in [-0.2, -0.15) is 5.10 Å². The number of carbonyl (C=O) groups excluding carboxylic acids is 1. The minimum atomic E-state index is 0.169. The smallest absolute Gasteiger partial charge is 0.163 e. The van der Waals surface area contributed by atoms with Crippen LogP contribution >= 0.6 is 0 Å². The third-order valence-electron chi connectivity index (χ3n) is 5.02. The predicted molar refractivity (Wildman–Crippen MR) is 82.2 cm³/mol. The SMILES string of the molecule is CCc1nn(C2CCC(C)C(C)C2)c(CC)c1C(C)=O. The molecule has 20 heavy (non-hydrogen) atoms. The molecule has 1 fully saturated rings. The molecule has 3 heteroatoms. The first kappa shape index (κ1) is 15.3. The maximum Gasteiger partial charge on any atom is 0.163 e. The number of aromatic nitrogens is 2. The number of hydrogen-bond acceptors (Lipinski definition) is 2. The third kappa shape index (κ3) is 2.68. The largest absolute Gasteiger partial charge is 0.294 e. The van der Waals surface area contributed by atoms with Crippen LogP contribution in [0.4, 0.5) is 0 Å².